The van der Waals surface area contributed by atoms with Gasteiger partial charge in [-0.2, -0.15) is 0 Å². The lowest BCUT2D eigenvalue weighted by atomic mass is 9.92. The summed E-state index contributed by atoms with van der Waals surface area (Å²) in [7, 11) is 1.65. The van der Waals surface area contributed by atoms with Crippen molar-refractivity contribution < 1.29 is 4.79 Å². The van der Waals surface area contributed by atoms with E-state index in [1.165, 1.54) is 0 Å². The highest BCUT2D eigenvalue weighted by Gasteiger charge is 2.27. The maximum absolute atomic E-state index is 11.7. The molecule has 1 aromatic heterocycles. The highest BCUT2D eigenvalue weighted by atomic mass is 16.2. The molecule has 0 saturated heterocycles. The molecule has 1 aromatic rings. The van der Waals surface area contributed by atoms with Gasteiger partial charge in [-0.15, -0.1) is 0 Å². The van der Waals surface area contributed by atoms with Crippen LogP contribution < -0.4 is 11.1 Å². The van der Waals surface area contributed by atoms with E-state index in [0.717, 1.165) is 12.1 Å². The smallest absolute Gasteiger partial charge is 0.227 e. The van der Waals surface area contributed by atoms with Gasteiger partial charge < -0.3 is 15.6 Å². The van der Waals surface area contributed by atoms with Crippen LogP contribution in [0.5, 0.6) is 0 Å². The maximum Gasteiger partial charge on any atom is 0.227 e. The highest BCUT2D eigenvalue weighted by Crippen LogP contribution is 2.19. The van der Waals surface area contributed by atoms with Gasteiger partial charge in [0.15, 0.2) is 0 Å². The molecule has 0 atom stereocenters. The molecule has 0 aromatic carbocycles. The third-order valence-electron chi connectivity index (χ3n) is 2.61. The van der Waals surface area contributed by atoms with Gasteiger partial charge in [-0.1, -0.05) is 0 Å². The number of carbonyl (C=O) groups excluding carboxylic acids is 1. The lowest BCUT2D eigenvalue weighted by Gasteiger charge is -2.24. The average molecular weight is 224 g/mol. The standard InChI is InChI=1S/C11H20N4O/c1-11(2,10(16)13-3)7-15-8-14-6-9(15)4-5-12/h6,8H,4-5,7,12H2,1-3H3,(H,13,16). The van der Waals surface area contributed by atoms with Crippen LogP contribution in [0.15, 0.2) is 12.5 Å². The van der Waals surface area contributed by atoms with E-state index in [0.29, 0.717) is 13.1 Å². The summed E-state index contributed by atoms with van der Waals surface area (Å²) in [4.78, 5) is 15.7. The molecule has 0 aliphatic heterocycles. The van der Waals surface area contributed by atoms with Crippen LogP contribution in [-0.4, -0.2) is 29.1 Å². The molecule has 0 aliphatic carbocycles. The Balaban J connectivity index is 2.79. The molecule has 0 spiro atoms. The minimum absolute atomic E-state index is 0.0277. The molecule has 0 saturated carbocycles. The Labute approximate surface area is 96.0 Å². The van der Waals surface area contributed by atoms with Crippen LogP contribution in [-0.2, 0) is 17.8 Å². The maximum atomic E-state index is 11.7. The van der Waals surface area contributed by atoms with Crippen LogP contribution in [0.2, 0.25) is 0 Å². The van der Waals surface area contributed by atoms with E-state index in [1.807, 2.05) is 18.4 Å². The van der Waals surface area contributed by atoms with Gasteiger partial charge in [0.05, 0.1) is 11.7 Å². The largest absolute Gasteiger partial charge is 0.359 e. The first kappa shape index (κ1) is 12.7. The Morgan fingerprint density at radius 3 is 2.88 bits per heavy atom. The molecule has 3 N–H and O–H groups in total. The summed E-state index contributed by atoms with van der Waals surface area (Å²) in [6, 6.07) is 0. The van der Waals surface area contributed by atoms with Crippen molar-refractivity contribution in [3.63, 3.8) is 0 Å². The first-order chi connectivity index (χ1) is 7.51. The number of hydrogen-bond acceptors (Lipinski definition) is 3. The normalized spacial score (nSPS) is 11.5. The van der Waals surface area contributed by atoms with E-state index < -0.39 is 5.41 Å². The van der Waals surface area contributed by atoms with Crippen molar-refractivity contribution in [1.29, 1.82) is 0 Å². The molecule has 0 bridgehead atoms. The lowest BCUT2D eigenvalue weighted by molar-refractivity contribution is -0.129. The quantitative estimate of drug-likeness (QED) is 0.748. The second-order valence-corrected chi connectivity index (χ2v) is 4.51. The fraction of sp³-hybridized carbons (Fsp3) is 0.636. The minimum atomic E-state index is -0.446. The number of amides is 1. The number of nitrogens with one attached hydrogen (secondary N) is 1. The van der Waals surface area contributed by atoms with Crippen LogP contribution >= 0.6 is 0 Å². The van der Waals surface area contributed by atoms with E-state index in [2.05, 4.69) is 10.3 Å². The molecule has 16 heavy (non-hydrogen) atoms. The molecule has 1 amide bonds. The van der Waals surface area contributed by atoms with E-state index >= 15 is 0 Å². The van der Waals surface area contributed by atoms with Crippen molar-refractivity contribution >= 4 is 5.91 Å². The SMILES string of the molecule is CNC(=O)C(C)(C)Cn1cncc1CCN. The Morgan fingerprint density at radius 1 is 1.62 bits per heavy atom. The average Bonchev–Trinajstić information content (AvgIpc) is 2.64. The molecule has 90 valence electrons. The third kappa shape index (κ3) is 2.82. The van der Waals surface area contributed by atoms with E-state index in [-0.39, 0.29) is 5.91 Å². The van der Waals surface area contributed by atoms with Crippen molar-refractivity contribution in [3.8, 4) is 0 Å². The summed E-state index contributed by atoms with van der Waals surface area (Å²) in [5.74, 6) is 0.0277. The predicted molar refractivity (Wildman–Crippen MR) is 62.8 cm³/mol. The molecule has 1 heterocycles. The summed E-state index contributed by atoms with van der Waals surface area (Å²) < 4.78 is 1.99. The Kier molecular flexibility index (Phi) is 4.06. The molecule has 0 aliphatic rings. The van der Waals surface area contributed by atoms with Crippen molar-refractivity contribution in [2.75, 3.05) is 13.6 Å². The molecule has 0 fully saturated rings. The number of nitrogens with two attached hydrogens (primary N) is 1. The summed E-state index contributed by atoms with van der Waals surface area (Å²) in [6.45, 7) is 5.03. The van der Waals surface area contributed by atoms with Gasteiger partial charge in [0.1, 0.15) is 0 Å². The third-order valence-corrected chi connectivity index (χ3v) is 2.61. The Bertz CT molecular complexity index is 357. The minimum Gasteiger partial charge on any atom is -0.359 e. The van der Waals surface area contributed by atoms with E-state index in [9.17, 15) is 4.79 Å². The van der Waals surface area contributed by atoms with Crippen LogP contribution in [0.4, 0.5) is 0 Å². The van der Waals surface area contributed by atoms with Crippen LogP contribution in [0.1, 0.15) is 19.5 Å². The number of hydrogen-bond donors (Lipinski definition) is 2. The summed E-state index contributed by atoms with van der Waals surface area (Å²) >= 11 is 0. The van der Waals surface area contributed by atoms with E-state index in [4.69, 9.17) is 5.73 Å². The second-order valence-electron chi connectivity index (χ2n) is 4.51. The fourth-order valence-electron chi connectivity index (χ4n) is 1.68. The number of aromatic nitrogens is 2. The van der Waals surface area contributed by atoms with Gasteiger partial charge in [-0.05, 0) is 20.4 Å². The number of imidazole rings is 1. The molecule has 5 heteroatoms. The zero-order chi connectivity index (χ0) is 12.2. The lowest BCUT2D eigenvalue weighted by Crippen LogP contribution is -2.38. The van der Waals surface area contributed by atoms with Gasteiger partial charge in [0.2, 0.25) is 5.91 Å². The fourth-order valence-corrected chi connectivity index (χ4v) is 1.68. The van der Waals surface area contributed by atoms with Crippen molar-refractivity contribution in [1.82, 2.24) is 14.9 Å². The first-order valence-electron chi connectivity index (χ1n) is 5.42. The van der Waals surface area contributed by atoms with Crippen LogP contribution in [0.25, 0.3) is 0 Å². The summed E-state index contributed by atoms with van der Waals surface area (Å²) in [5, 5.41) is 2.67. The van der Waals surface area contributed by atoms with Crippen molar-refractivity contribution in [3.05, 3.63) is 18.2 Å². The summed E-state index contributed by atoms with van der Waals surface area (Å²) in [5.41, 5.74) is 6.14. The molecular formula is C11H20N4O. The highest BCUT2D eigenvalue weighted by molar-refractivity contribution is 5.81. The first-order valence-corrected chi connectivity index (χ1v) is 5.42. The molecule has 5 nitrogen and oxygen atoms in total. The molecule has 1 rings (SSSR count). The van der Waals surface area contributed by atoms with Crippen LogP contribution in [0, 0.1) is 5.41 Å². The molecular weight excluding hydrogens is 204 g/mol. The van der Waals surface area contributed by atoms with Crippen LogP contribution in [0.3, 0.4) is 0 Å². The van der Waals surface area contributed by atoms with E-state index in [1.54, 1.807) is 19.6 Å². The van der Waals surface area contributed by atoms with Gasteiger partial charge >= 0.3 is 0 Å². The van der Waals surface area contributed by atoms with Gasteiger partial charge in [0, 0.05) is 31.9 Å². The van der Waals surface area contributed by atoms with Gasteiger partial charge in [-0.25, -0.2) is 4.98 Å². The monoisotopic (exact) mass is 224 g/mol. The van der Waals surface area contributed by atoms with Gasteiger partial charge in [-0.3, -0.25) is 4.79 Å². The predicted octanol–water partition coefficient (Wildman–Crippen LogP) is 0.156. The zero-order valence-electron chi connectivity index (χ0n) is 10.2. The zero-order valence-corrected chi connectivity index (χ0v) is 10.2. The molecule has 0 radical (unpaired) electrons. The topological polar surface area (TPSA) is 72.9 Å². The Hall–Kier alpha value is -1.36. The van der Waals surface area contributed by atoms with Crippen molar-refractivity contribution in [2.24, 2.45) is 11.1 Å². The number of rotatable bonds is 5. The summed E-state index contributed by atoms with van der Waals surface area (Å²) in [6.07, 6.45) is 4.33. The number of nitrogens with zero attached hydrogens (tertiary/aromatic N) is 2. The second kappa shape index (κ2) is 5.12. The van der Waals surface area contributed by atoms with Gasteiger partial charge in [0.25, 0.3) is 0 Å². The Morgan fingerprint density at radius 2 is 2.31 bits per heavy atom. The molecule has 0 unspecified atom stereocenters. The van der Waals surface area contributed by atoms with Crippen molar-refractivity contribution in [2.45, 2.75) is 26.8 Å². The number of carbonyl (C=O) groups is 1.